The number of primary amides is 1. The van der Waals surface area contributed by atoms with Crippen LogP contribution in [0.25, 0.3) is 0 Å². The van der Waals surface area contributed by atoms with Gasteiger partial charge in [0.1, 0.15) is 11.4 Å². The molecule has 0 radical (unpaired) electrons. The molecule has 8 heteroatoms. The van der Waals surface area contributed by atoms with Crippen molar-refractivity contribution in [3.05, 3.63) is 83.4 Å². The summed E-state index contributed by atoms with van der Waals surface area (Å²) in [5.74, 6) is -1.19. The first-order chi connectivity index (χ1) is 17.9. The molecule has 1 saturated heterocycles. The third-order valence-electron chi connectivity index (χ3n) is 7.20. The van der Waals surface area contributed by atoms with E-state index in [1.54, 1.807) is 24.5 Å². The van der Waals surface area contributed by atoms with Crippen molar-refractivity contribution < 1.29 is 19.1 Å². The number of likely N-dealkylation sites (tertiary alicyclic amines) is 1. The van der Waals surface area contributed by atoms with Crippen molar-refractivity contribution in [3.8, 4) is 5.75 Å². The number of nitrogens with two attached hydrogens (primary N) is 1. The molecular formula is C29H36N4O4. The van der Waals surface area contributed by atoms with Gasteiger partial charge in [-0.2, -0.15) is 0 Å². The third-order valence-corrected chi connectivity index (χ3v) is 7.20. The fourth-order valence-corrected chi connectivity index (χ4v) is 5.17. The highest BCUT2D eigenvalue weighted by Crippen LogP contribution is 2.39. The van der Waals surface area contributed by atoms with E-state index >= 15 is 0 Å². The maximum atomic E-state index is 14.0. The molecule has 1 aliphatic rings. The zero-order chi connectivity index (χ0) is 26.4. The van der Waals surface area contributed by atoms with Gasteiger partial charge < -0.3 is 25.1 Å². The number of carbonyl (C=O) groups excluding carboxylic acids is 2. The van der Waals surface area contributed by atoms with Gasteiger partial charge in [0.05, 0.1) is 38.4 Å². The molecule has 3 aromatic rings. The number of hydrogen-bond acceptors (Lipinski definition) is 5. The lowest BCUT2D eigenvalue weighted by Gasteiger charge is -2.51. The van der Waals surface area contributed by atoms with Gasteiger partial charge >= 0.3 is 0 Å². The SMILES string of the molecule is CCCOC1(c2ccccc2C)CN(C(=O)[C@@H](Cc2ccc(OC)cc2)C(Cc2cnc[nH]2)C(N)=O)C1. The van der Waals surface area contributed by atoms with Gasteiger partial charge in [0.15, 0.2) is 0 Å². The maximum Gasteiger partial charge on any atom is 0.227 e. The molecule has 1 aromatic heterocycles. The van der Waals surface area contributed by atoms with Crippen molar-refractivity contribution in [1.82, 2.24) is 14.9 Å². The van der Waals surface area contributed by atoms with Crippen LogP contribution in [0.4, 0.5) is 0 Å². The van der Waals surface area contributed by atoms with Crippen LogP contribution >= 0.6 is 0 Å². The summed E-state index contributed by atoms with van der Waals surface area (Å²) in [6.45, 7) is 5.62. The molecule has 3 N–H and O–H groups in total. The largest absolute Gasteiger partial charge is 0.497 e. The molecule has 0 saturated carbocycles. The van der Waals surface area contributed by atoms with Crippen LogP contribution in [0.3, 0.4) is 0 Å². The Morgan fingerprint density at radius 1 is 1.11 bits per heavy atom. The molecule has 0 spiro atoms. The van der Waals surface area contributed by atoms with Crippen LogP contribution in [-0.2, 0) is 32.8 Å². The molecule has 2 amide bonds. The van der Waals surface area contributed by atoms with Gasteiger partial charge in [0.2, 0.25) is 11.8 Å². The van der Waals surface area contributed by atoms with Crippen LogP contribution in [-0.4, -0.2) is 53.5 Å². The molecule has 2 heterocycles. The number of benzene rings is 2. The topological polar surface area (TPSA) is 111 Å². The number of nitrogens with one attached hydrogen (secondary N) is 1. The van der Waals surface area contributed by atoms with E-state index < -0.39 is 23.3 Å². The lowest BCUT2D eigenvalue weighted by Crippen LogP contribution is -2.64. The third kappa shape index (κ3) is 5.85. The van der Waals surface area contributed by atoms with Gasteiger partial charge in [-0.1, -0.05) is 43.3 Å². The normalized spacial score (nSPS) is 16.0. The molecular weight excluding hydrogens is 468 g/mol. The fraction of sp³-hybridized carbons (Fsp3) is 0.414. The zero-order valence-corrected chi connectivity index (χ0v) is 21.8. The Hall–Kier alpha value is -3.65. The van der Waals surface area contributed by atoms with Gasteiger partial charge in [-0.15, -0.1) is 0 Å². The Morgan fingerprint density at radius 2 is 1.84 bits per heavy atom. The van der Waals surface area contributed by atoms with Crippen molar-refractivity contribution >= 4 is 11.8 Å². The zero-order valence-electron chi connectivity index (χ0n) is 21.8. The van der Waals surface area contributed by atoms with Crippen LogP contribution in [0.1, 0.15) is 35.7 Å². The number of aryl methyl sites for hydroxylation is 1. The molecule has 4 rings (SSSR count). The Labute approximate surface area is 218 Å². The van der Waals surface area contributed by atoms with E-state index in [2.05, 4.69) is 35.9 Å². The Bertz CT molecular complexity index is 1190. The standard InChI is InChI=1S/C29H36N4O4/c1-4-13-37-29(26-8-6-5-7-20(26)2)17-33(18-29)28(35)25(14-21-9-11-23(36-3)12-10-21)24(27(30)34)15-22-16-31-19-32-22/h5-12,16,19,24-25H,4,13-15,17-18H2,1-3H3,(H2,30,34)(H,31,32)/t24?,25-/m0/s1. The number of aromatic nitrogens is 2. The highest BCUT2D eigenvalue weighted by molar-refractivity contribution is 5.88. The highest BCUT2D eigenvalue weighted by atomic mass is 16.5. The van der Waals surface area contributed by atoms with Crippen LogP contribution in [0.2, 0.25) is 0 Å². The summed E-state index contributed by atoms with van der Waals surface area (Å²) in [5.41, 5.74) is 9.28. The van der Waals surface area contributed by atoms with E-state index in [-0.39, 0.29) is 5.91 Å². The summed E-state index contributed by atoms with van der Waals surface area (Å²) in [4.78, 5) is 35.6. The highest BCUT2D eigenvalue weighted by Gasteiger charge is 2.50. The lowest BCUT2D eigenvalue weighted by molar-refractivity contribution is -0.178. The first kappa shape index (κ1) is 26.4. The number of imidazole rings is 1. The molecule has 37 heavy (non-hydrogen) atoms. The molecule has 196 valence electrons. The molecule has 1 unspecified atom stereocenters. The molecule has 8 nitrogen and oxygen atoms in total. The van der Waals surface area contributed by atoms with E-state index in [0.717, 1.165) is 34.6 Å². The quantitative estimate of drug-likeness (QED) is 0.393. The summed E-state index contributed by atoms with van der Waals surface area (Å²) < 4.78 is 11.6. The minimum atomic E-state index is -0.694. The van der Waals surface area contributed by atoms with Crippen LogP contribution in [0, 0.1) is 18.8 Å². The number of ether oxygens (including phenoxy) is 2. The first-order valence-corrected chi connectivity index (χ1v) is 12.7. The lowest BCUT2D eigenvalue weighted by atomic mass is 9.78. The van der Waals surface area contributed by atoms with E-state index in [0.29, 0.717) is 32.5 Å². The molecule has 1 aliphatic heterocycles. The summed E-state index contributed by atoms with van der Waals surface area (Å²) in [6.07, 6.45) is 4.80. The minimum absolute atomic E-state index is 0.0940. The van der Waals surface area contributed by atoms with Crippen molar-refractivity contribution in [2.45, 2.75) is 38.7 Å². The summed E-state index contributed by atoms with van der Waals surface area (Å²) in [7, 11) is 1.61. The molecule has 2 aromatic carbocycles. The molecule has 1 fully saturated rings. The van der Waals surface area contributed by atoms with Gasteiger partial charge in [-0.25, -0.2) is 4.98 Å². The number of hydrogen-bond donors (Lipinski definition) is 2. The number of rotatable bonds is 12. The van der Waals surface area contributed by atoms with E-state index in [9.17, 15) is 9.59 Å². The average Bonchev–Trinajstić information content (AvgIpc) is 3.39. The molecule has 0 aliphatic carbocycles. The van der Waals surface area contributed by atoms with Gasteiger partial charge in [0, 0.05) is 24.9 Å². The van der Waals surface area contributed by atoms with Crippen LogP contribution < -0.4 is 10.5 Å². The van der Waals surface area contributed by atoms with Crippen LogP contribution in [0.15, 0.2) is 61.1 Å². The number of aromatic amines is 1. The van der Waals surface area contributed by atoms with Crippen molar-refractivity contribution in [2.75, 3.05) is 26.8 Å². The number of amides is 2. The number of methoxy groups -OCH3 is 1. The Morgan fingerprint density at radius 3 is 2.43 bits per heavy atom. The van der Waals surface area contributed by atoms with Crippen LogP contribution in [0.5, 0.6) is 5.75 Å². The monoisotopic (exact) mass is 504 g/mol. The van der Waals surface area contributed by atoms with Crippen molar-refractivity contribution in [1.29, 1.82) is 0 Å². The first-order valence-electron chi connectivity index (χ1n) is 12.7. The smallest absolute Gasteiger partial charge is 0.227 e. The van der Waals surface area contributed by atoms with E-state index in [1.165, 1.54) is 0 Å². The minimum Gasteiger partial charge on any atom is -0.497 e. The van der Waals surface area contributed by atoms with Gasteiger partial charge in [0.25, 0.3) is 0 Å². The summed E-state index contributed by atoms with van der Waals surface area (Å²) >= 11 is 0. The predicted octanol–water partition coefficient (Wildman–Crippen LogP) is 3.39. The van der Waals surface area contributed by atoms with Crippen molar-refractivity contribution in [3.63, 3.8) is 0 Å². The predicted molar refractivity (Wildman–Crippen MR) is 141 cm³/mol. The number of carbonyl (C=O) groups is 2. The number of H-pyrrole nitrogens is 1. The second kappa shape index (κ2) is 11.6. The summed E-state index contributed by atoms with van der Waals surface area (Å²) in [6, 6.07) is 15.7. The maximum absolute atomic E-state index is 14.0. The fourth-order valence-electron chi connectivity index (χ4n) is 5.17. The second-order valence-corrected chi connectivity index (χ2v) is 9.80. The van der Waals surface area contributed by atoms with Gasteiger partial charge in [-0.05, 0) is 48.6 Å². The van der Waals surface area contributed by atoms with E-state index in [4.69, 9.17) is 15.2 Å². The van der Waals surface area contributed by atoms with Crippen molar-refractivity contribution in [2.24, 2.45) is 17.6 Å². The Balaban J connectivity index is 1.61. The average molecular weight is 505 g/mol. The number of nitrogens with zero attached hydrogens (tertiary/aromatic N) is 2. The summed E-state index contributed by atoms with van der Waals surface area (Å²) in [5, 5.41) is 0. The van der Waals surface area contributed by atoms with Gasteiger partial charge in [-0.3, -0.25) is 9.59 Å². The molecule has 0 bridgehead atoms. The second-order valence-electron chi connectivity index (χ2n) is 9.80. The Kier molecular flexibility index (Phi) is 8.28. The van der Waals surface area contributed by atoms with E-state index in [1.807, 2.05) is 36.4 Å². The molecule has 2 atom stereocenters.